The van der Waals surface area contributed by atoms with Crippen LogP contribution < -0.4 is 0 Å². The molecule has 1 amide bonds. The minimum atomic E-state index is 0.117. The maximum Gasteiger partial charge on any atom is 0.255 e. The maximum atomic E-state index is 12.6. The van der Waals surface area contributed by atoms with Crippen LogP contribution >= 0.6 is 0 Å². The number of likely N-dealkylation sites (N-methyl/N-ethyl adjacent to an activating group) is 1. The summed E-state index contributed by atoms with van der Waals surface area (Å²) in [4.78, 5) is 16.8. The van der Waals surface area contributed by atoms with Crippen molar-refractivity contribution in [1.82, 2.24) is 14.4 Å². The highest BCUT2D eigenvalue weighted by molar-refractivity contribution is 5.95. The maximum absolute atomic E-state index is 12.6. The molecule has 124 valence electrons. The molecule has 0 unspecified atom stereocenters. The molecule has 0 radical (unpaired) electrons. The zero-order valence-corrected chi connectivity index (χ0v) is 14.5. The van der Waals surface area contributed by atoms with Crippen molar-refractivity contribution in [2.24, 2.45) is 7.05 Å². The van der Waals surface area contributed by atoms with Gasteiger partial charge in [-0.25, -0.2) is 0 Å². The fraction of sp³-hybridized carbons (Fsp3) is 0.706. The first-order valence-corrected chi connectivity index (χ1v) is 8.19. The van der Waals surface area contributed by atoms with Crippen molar-refractivity contribution in [3.05, 3.63) is 23.5 Å². The van der Waals surface area contributed by atoms with Crippen LogP contribution in [0.15, 0.2) is 12.3 Å². The number of rotatable bonds is 5. The molecule has 2 atom stereocenters. The van der Waals surface area contributed by atoms with Crippen LogP contribution in [0.3, 0.4) is 0 Å². The van der Waals surface area contributed by atoms with Crippen molar-refractivity contribution >= 4 is 5.91 Å². The summed E-state index contributed by atoms with van der Waals surface area (Å²) in [5.74, 6) is 0.117. The van der Waals surface area contributed by atoms with Gasteiger partial charge < -0.3 is 14.2 Å². The Kier molecular flexibility index (Phi) is 5.64. The summed E-state index contributed by atoms with van der Waals surface area (Å²) in [6, 6.07) is 1.93. The summed E-state index contributed by atoms with van der Waals surface area (Å²) in [5.41, 5.74) is 1.93. The van der Waals surface area contributed by atoms with Gasteiger partial charge in [0.15, 0.2) is 0 Å². The molecule has 2 heterocycles. The molecule has 1 aliphatic heterocycles. The van der Waals surface area contributed by atoms with Crippen LogP contribution in [0.2, 0.25) is 0 Å². The molecule has 0 aliphatic carbocycles. The number of carbonyl (C=O) groups excluding carboxylic acids is 1. The summed E-state index contributed by atoms with van der Waals surface area (Å²) in [6.45, 7) is 9.83. The highest BCUT2D eigenvalue weighted by atomic mass is 16.5. The fourth-order valence-electron chi connectivity index (χ4n) is 3.26. The van der Waals surface area contributed by atoms with Gasteiger partial charge in [0.2, 0.25) is 0 Å². The van der Waals surface area contributed by atoms with E-state index in [0.29, 0.717) is 0 Å². The average molecular weight is 307 g/mol. The summed E-state index contributed by atoms with van der Waals surface area (Å²) < 4.78 is 7.78. The molecule has 2 rings (SSSR count). The molecule has 1 aromatic heterocycles. The minimum absolute atomic E-state index is 0.117. The van der Waals surface area contributed by atoms with E-state index >= 15 is 0 Å². The fourth-order valence-corrected chi connectivity index (χ4v) is 3.26. The van der Waals surface area contributed by atoms with Crippen LogP contribution in [-0.4, -0.2) is 65.7 Å². The normalized spacial score (nSPS) is 22.8. The molecule has 0 saturated carbocycles. The largest absolute Gasteiger partial charge is 0.373 e. The van der Waals surface area contributed by atoms with Crippen molar-refractivity contribution < 1.29 is 9.53 Å². The van der Waals surface area contributed by atoms with Gasteiger partial charge in [-0.2, -0.15) is 0 Å². The highest BCUT2D eigenvalue weighted by Crippen LogP contribution is 2.14. The highest BCUT2D eigenvalue weighted by Gasteiger charge is 2.23. The average Bonchev–Trinajstić information content (AvgIpc) is 2.83. The number of amides is 1. The second-order valence-electron chi connectivity index (χ2n) is 6.38. The van der Waals surface area contributed by atoms with Crippen molar-refractivity contribution in [2.45, 2.75) is 39.4 Å². The zero-order valence-electron chi connectivity index (χ0n) is 14.5. The van der Waals surface area contributed by atoms with Gasteiger partial charge in [0.1, 0.15) is 0 Å². The number of aryl methyl sites for hydroxylation is 1. The number of aromatic nitrogens is 1. The Balaban J connectivity index is 1.91. The van der Waals surface area contributed by atoms with E-state index in [1.54, 1.807) is 0 Å². The lowest BCUT2D eigenvalue weighted by molar-refractivity contribution is -0.0685. The van der Waals surface area contributed by atoms with E-state index in [2.05, 4.69) is 25.7 Å². The summed E-state index contributed by atoms with van der Waals surface area (Å²) in [7, 11) is 3.88. The van der Waals surface area contributed by atoms with Crippen LogP contribution in [0.5, 0.6) is 0 Å². The predicted molar refractivity (Wildman–Crippen MR) is 88.2 cm³/mol. The number of morpholine rings is 1. The molecule has 0 aromatic carbocycles. The van der Waals surface area contributed by atoms with E-state index in [9.17, 15) is 4.79 Å². The number of nitrogens with zero attached hydrogens (tertiary/aromatic N) is 3. The Hall–Kier alpha value is -1.33. The number of hydrogen-bond donors (Lipinski definition) is 0. The van der Waals surface area contributed by atoms with Crippen LogP contribution in [0, 0.1) is 0 Å². The Morgan fingerprint density at radius 1 is 1.36 bits per heavy atom. The van der Waals surface area contributed by atoms with Crippen LogP contribution in [0.4, 0.5) is 0 Å². The molecule has 0 bridgehead atoms. The van der Waals surface area contributed by atoms with E-state index in [1.807, 2.05) is 35.8 Å². The van der Waals surface area contributed by atoms with Gasteiger partial charge in [0.05, 0.1) is 17.8 Å². The third-order valence-electron chi connectivity index (χ3n) is 4.36. The van der Waals surface area contributed by atoms with Gasteiger partial charge in [-0.05, 0) is 26.3 Å². The molecule has 1 aromatic rings. The molecule has 1 aliphatic rings. The van der Waals surface area contributed by atoms with Crippen molar-refractivity contribution in [2.75, 3.05) is 33.2 Å². The van der Waals surface area contributed by atoms with E-state index in [1.165, 1.54) is 0 Å². The Labute approximate surface area is 133 Å². The number of carbonyl (C=O) groups is 1. The molecular weight excluding hydrogens is 278 g/mol. The molecule has 1 fully saturated rings. The van der Waals surface area contributed by atoms with Gasteiger partial charge in [-0.15, -0.1) is 0 Å². The van der Waals surface area contributed by atoms with Crippen molar-refractivity contribution in [1.29, 1.82) is 0 Å². The van der Waals surface area contributed by atoms with E-state index < -0.39 is 0 Å². The van der Waals surface area contributed by atoms with Gasteiger partial charge in [0, 0.05) is 52.2 Å². The lowest BCUT2D eigenvalue weighted by Crippen LogP contribution is -2.48. The van der Waals surface area contributed by atoms with Crippen molar-refractivity contribution in [3.8, 4) is 0 Å². The Morgan fingerprint density at radius 2 is 2.00 bits per heavy atom. The molecular formula is C17H29N3O2. The second-order valence-corrected chi connectivity index (χ2v) is 6.38. The summed E-state index contributed by atoms with van der Waals surface area (Å²) >= 11 is 0. The Morgan fingerprint density at radius 3 is 2.59 bits per heavy atom. The predicted octanol–water partition coefficient (Wildman–Crippen LogP) is 1.77. The SMILES string of the molecule is CCc1c(C(=O)N(C)CCN2C[C@@H](C)O[C@@H](C)C2)ccn1C. The van der Waals surface area contributed by atoms with Gasteiger partial charge >= 0.3 is 0 Å². The lowest BCUT2D eigenvalue weighted by Gasteiger charge is -2.36. The quantitative estimate of drug-likeness (QED) is 0.832. The third kappa shape index (κ3) is 3.90. The smallest absolute Gasteiger partial charge is 0.255 e. The molecule has 1 saturated heterocycles. The summed E-state index contributed by atoms with van der Waals surface area (Å²) in [6.07, 6.45) is 3.37. The number of ether oxygens (including phenoxy) is 1. The monoisotopic (exact) mass is 307 g/mol. The topological polar surface area (TPSA) is 37.7 Å². The van der Waals surface area contributed by atoms with Gasteiger partial charge in [0.25, 0.3) is 5.91 Å². The van der Waals surface area contributed by atoms with Crippen molar-refractivity contribution in [3.63, 3.8) is 0 Å². The molecule has 22 heavy (non-hydrogen) atoms. The first-order chi connectivity index (χ1) is 10.4. The van der Waals surface area contributed by atoms with Crippen LogP contribution in [0.25, 0.3) is 0 Å². The van der Waals surface area contributed by atoms with Crippen LogP contribution in [-0.2, 0) is 18.2 Å². The van der Waals surface area contributed by atoms with E-state index in [4.69, 9.17) is 4.74 Å². The molecule has 0 N–H and O–H groups in total. The molecule has 0 spiro atoms. The summed E-state index contributed by atoms with van der Waals surface area (Å²) in [5, 5.41) is 0. The van der Waals surface area contributed by atoms with E-state index in [-0.39, 0.29) is 18.1 Å². The van der Waals surface area contributed by atoms with Gasteiger partial charge in [-0.3, -0.25) is 9.69 Å². The lowest BCUT2D eigenvalue weighted by atomic mass is 10.2. The first-order valence-electron chi connectivity index (χ1n) is 8.19. The minimum Gasteiger partial charge on any atom is -0.373 e. The molecule has 5 heteroatoms. The van der Waals surface area contributed by atoms with Crippen LogP contribution in [0.1, 0.15) is 36.8 Å². The Bertz CT molecular complexity index is 502. The first kappa shape index (κ1) is 17.0. The van der Waals surface area contributed by atoms with E-state index in [0.717, 1.165) is 43.9 Å². The number of hydrogen-bond acceptors (Lipinski definition) is 3. The zero-order chi connectivity index (χ0) is 16.3. The molecule has 5 nitrogen and oxygen atoms in total. The van der Waals surface area contributed by atoms with Gasteiger partial charge in [-0.1, -0.05) is 6.92 Å². The standard InChI is InChI=1S/C17H29N3O2/c1-6-16-15(7-8-18(16)4)17(21)19(5)9-10-20-11-13(2)22-14(3)12-20/h7-8,13-14H,6,9-12H2,1-5H3/t13-,14+. The third-order valence-corrected chi connectivity index (χ3v) is 4.36. The second kappa shape index (κ2) is 7.29.